The Morgan fingerprint density at radius 3 is 2.90 bits per heavy atom. The van der Waals surface area contributed by atoms with Gasteiger partial charge >= 0.3 is 0 Å². The molecular weight excluding hydrogens is 274 g/mol. The van der Waals surface area contributed by atoms with Gasteiger partial charge in [-0.05, 0) is 18.4 Å². The molecule has 0 radical (unpaired) electrons. The number of fused-ring (bicyclic) bond motifs is 1. The fraction of sp³-hybridized carbons (Fsp3) is 0.571. The molecule has 3 rings (SSSR count). The maximum Gasteiger partial charge on any atom is 0.167 e. The van der Waals surface area contributed by atoms with Crippen LogP contribution in [0.25, 0.3) is 10.2 Å². The van der Waals surface area contributed by atoms with Crippen LogP contribution in [0.3, 0.4) is 0 Å². The summed E-state index contributed by atoms with van der Waals surface area (Å²) in [5, 5.41) is 6.53. The van der Waals surface area contributed by atoms with E-state index in [4.69, 9.17) is 9.47 Å². The Balaban J connectivity index is 1.71. The van der Waals surface area contributed by atoms with Gasteiger partial charge in [-0.15, -0.1) is 11.3 Å². The molecule has 1 N–H and O–H groups in total. The van der Waals surface area contributed by atoms with Gasteiger partial charge < -0.3 is 14.8 Å². The lowest BCUT2D eigenvalue weighted by atomic mass is 10.2. The molecule has 0 aromatic carbocycles. The molecule has 0 spiro atoms. The molecule has 2 aromatic rings. The normalized spacial score (nSPS) is 17.7. The number of aryl methyl sites for hydroxylation is 1. The predicted molar refractivity (Wildman–Crippen MR) is 80.2 cm³/mol. The SMILES string of the molecule is CCc1nc(NCCC2(C)OCCO2)c2ccsc2n1. The Labute approximate surface area is 122 Å². The zero-order chi connectivity index (χ0) is 14.0. The zero-order valence-electron chi connectivity index (χ0n) is 11.8. The summed E-state index contributed by atoms with van der Waals surface area (Å²) in [5.74, 6) is 1.33. The highest BCUT2D eigenvalue weighted by Gasteiger charge is 2.30. The lowest BCUT2D eigenvalue weighted by Gasteiger charge is -2.22. The van der Waals surface area contributed by atoms with Gasteiger partial charge in [-0.3, -0.25) is 0 Å². The van der Waals surface area contributed by atoms with E-state index in [2.05, 4.69) is 33.7 Å². The van der Waals surface area contributed by atoms with E-state index in [-0.39, 0.29) is 0 Å². The van der Waals surface area contributed by atoms with Crippen LogP contribution in [0.5, 0.6) is 0 Å². The van der Waals surface area contributed by atoms with Crippen LogP contribution < -0.4 is 5.32 Å². The van der Waals surface area contributed by atoms with Gasteiger partial charge in [0.1, 0.15) is 16.5 Å². The standard InChI is InChI=1S/C14H19N3O2S/c1-3-11-16-12(10-4-9-20-13(10)17-11)15-6-5-14(2)18-7-8-19-14/h4,9H,3,5-8H2,1-2H3,(H,15,16,17). The van der Waals surface area contributed by atoms with E-state index in [1.165, 1.54) is 0 Å². The molecule has 0 bridgehead atoms. The molecule has 0 saturated carbocycles. The number of thiophene rings is 1. The van der Waals surface area contributed by atoms with Crippen LogP contribution in [0.2, 0.25) is 0 Å². The molecule has 5 nitrogen and oxygen atoms in total. The third kappa shape index (κ3) is 2.77. The van der Waals surface area contributed by atoms with Crippen LogP contribution in [0.4, 0.5) is 5.82 Å². The van der Waals surface area contributed by atoms with Gasteiger partial charge in [-0.25, -0.2) is 9.97 Å². The van der Waals surface area contributed by atoms with Crippen molar-refractivity contribution >= 4 is 27.4 Å². The summed E-state index contributed by atoms with van der Waals surface area (Å²) >= 11 is 1.65. The zero-order valence-corrected chi connectivity index (χ0v) is 12.6. The molecule has 1 fully saturated rings. The van der Waals surface area contributed by atoms with Gasteiger partial charge in [0.25, 0.3) is 0 Å². The van der Waals surface area contributed by atoms with Crippen LogP contribution >= 0.6 is 11.3 Å². The Kier molecular flexibility index (Phi) is 3.87. The molecule has 0 aliphatic carbocycles. The lowest BCUT2D eigenvalue weighted by molar-refractivity contribution is -0.144. The number of rotatable bonds is 5. The molecule has 1 saturated heterocycles. The van der Waals surface area contributed by atoms with Crippen molar-refractivity contribution in [1.82, 2.24) is 9.97 Å². The molecule has 20 heavy (non-hydrogen) atoms. The van der Waals surface area contributed by atoms with E-state index in [0.29, 0.717) is 13.2 Å². The monoisotopic (exact) mass is 293 g/mol. The number of anilines is 1. The third-order valence-corrected chi connectivity index (χ3v) is 4.26. The summed E-state index contributed by atoms with van der Waals surface area (Å²) < 4.78 is 11.2. The molecule has 0 unspecified atom stereocenters. The summed E-state index contributed by atoms with van der Waals surface area (Å²) in [4.78, 5) is 10.2. The van der Waals surface area contributed by atoms with Crippen LogP contribution in [-0.4, -0.2) is 35.5 Å². The van der Waals surface area contributed by atoms with E-state index in [9.17, 15) is 0 Å². The number of nitrogens with one attached hydrogen (secondary N) is 1. The van der Waals surface area contributed by atoms with Gasteiger partial charge in [0.15, 0.2) is 5.79 Å². The topological polar surface area (TPSA) is 56.3 Å². The highest BCUT2D eigenvalue weighted by Crippen LogP contribution is 2.26. The van der Waals surface area contributed by atoms with Crippen molar-refractivity contribution in [1.29, 1.82) is 0 Å². The molecule has 0 amide bonds. The molecule has 1 aliphatic heterocycles. The number of ether oxygens (including phenoxy) is 2. The highest BCUT2D eigenvalue weighted by atomic mass is 32.1. The maximum absolute atomic E-state index is 5.60. The quantitative estimate of drug-likeness (QED) is 0.918. The Hall–Kier alpha value is -1.24. The molecule has 0 atom stereocenters. The van der Waals surface area contributed by atoms with Crippen molar-refractivity contribution in [3.05, 3.63) is 17.3 Å². The molecule has 3 heterocycles. The molecule has 6 heteroatoms. The first-order valence-corrected chi connectivity index (χ1v) is 7.84. The van der Waals surface area contributed by atoms with Gasteiger partial charge in [0.2, 0.25) is 0 Å². The summed E-state index contributed by atoms with van der Waals surface area (Å²) in [6, 6.07) is 2.06. The Morgan fingerprint density at radius 2 is 2.15 bits per heavy atom. The smallest absolute Gasteiger partial charge is 0.167 e. The van der Waals surface area contributed by atoms with Crippen molar-refractivity contribution < 1.29 is 9.47 Å². The summed E-state index contributed by atoms with van der Waals surface area (Å²) in [6.07, 6.45) is 1.64. The number of nitrogens with zero attached hydrogens (tertiary/aromatic N) is 2. The van der Waals surface area contributed by atoms with Gasteiger partial charge in [-0.1, -0.05) is 6.92 Å². The fourth-order valence-corrected chi connectivity index (χ4v) is 3.08. The Bertz CT molecular complexity index is 593. The Morgan fingerprint density at radius 1 is 1.35 bits per heavy atom. The molecule has 2 aromatic heterocycles. The average molecular weight is 293 g/mol. The second-order valence-electron chi connectivity index (χ2n) is 4.99. The minimum Gasteiger partial charge on any atom is -0.369 e. The second kappa shape index (κ2) is 5.63. The lowest BCUT2D eigenvalue weighted by Crippen LogP contribution is -2.28. The first-order valence-electron chi connectivity index (χ1n) is 6.96. The van der Waals surface area contributed by atoms with E-state index in [0.717, 1.165) is 41.2 Å². The van der Waals surface area contributed by atoms with Crippen LogP contribution in [0.15, 0.2) is 11.4 Å². The first-order chi connectivity index (χ1) is 9.70. The van der Waals surface area contributed by atoms with Crippen LogP contribution in [-0.2, 0) is 15.9 Å². The van der Waals surface area contributed by atoms with Crippen molar-refractivity contribution in [3.63, 3.8) is 0 Å². The van der Waals surface area contributed by atoms with Crippen LogP contribution in [0.1, 0.15) is 26.1 Å². The number of hydrogen-bond donors (Lipinski definition) is 1. The van der Waals surface area contributed by atoms with Gasteiger partial charge in [-0.2, -0.15) is 0 Å². The van der Waals surface area contributed by atoms with Gasteiger partial charge in [0, 0.05) is 19.4 Å². The van der Waals surface area contributed by atoms with Crippen LogP contribution in [0, 0.1) is 0 Å². The average Bonchev–Trinajstić information content (AvgIpc) is 3.07. The fourth-order valence-electron chi connectivity index (χ4n) is 2.30. The first kappa shape index (κ1) is 13.7. The van der Waals surface area contributed by atoms with E-state index in [1.54, 1.807) is 11.3 Å². The number of hydrogen-bond acceptors (Lipinski definition) is 6. The minimum atomic E-state index is -0.457. The van der Waals surface area contributed by atoms with E-state index in [1.807, 2.05) is 6.92 Å². The largest absolute Gasteiger partial charge is 0.369 e. The molecular formula is C14H19N3O2S. The predicted octanol–water partition coefficient (Wildman–Crippen LogP) is 2.82. The summed E-state index contributed by atoms with van der Waals surface area (Å²) in [7, 11) is 0. The van der Waals surface area contributed by atoms with E-state index < -0.39 is 5.79 Å². The number of aromatic nitrogens is 2. The minimum absolute atomic E-state index is 0.457. The maximum atomic E-state index is 5.60. The highest BCUT2D eigenvalue weighted by molar-refractivity contribution is 7.16. The van der Waals surface area contributed by atoms with Crippen molar-refractivity contribution in [2.45, 2.75) is 32.5 Å². The molecule has 108 valence electrons. The van der Waals surface area contributed by atoms with Gasteiger partial charge in [0.05, 0.1) is 18.6 Å². The van der Waals surface area contributed by atoms with Crippen molar-refractivity contribution in [2.75, 3.05) is 25.1 Å². The van der Waals surface area contributed by atoms with Crippen molar-refractivity contribution in [2.24, 2.45) is 0 Å². The van der Waals surface area contributed by atoms with Crippen molar-refractivity contribution in [3.8, 4) is 0 Å². The molecule has 1 aliphatic rings. The second-order valence-corrected chi connectivity index (χ2v) is 5.88. The summed E-state index contributed by atoms with van der Waals surface area (Å²) in [5.41, 5.74) is 0. The third-order valence-electron chi connectivity index (χ3n) is 3.46. The van der Waals surface area contributed by atoms with E-state index >= 15 is 0 Å². The summed E-state index contributed by atoms with van der Waals surface area (Å²) in [6.45, 7) is 6.18.